The molecular weight excluding hydrogens is 342 g/mol. The zero-order valence-electron chi connectivity index (χ0n) is 14.9. The fraction of sp³-hybridized carbons (Fsp3) is 0.474. The van der Waals surface area contributed by atoms with Gasteiger partial charge in [-0.1, -0.05) is 31.5 Å². The molecule has 0 aliphatic heterocycles. The Labute approximate surface area is 153 Å². The lowest BCUT2D eigenvalue weighted by Gasteiger charge is -2.10. The van der Waals surface area contributed by atoms with Gasteiger partial charge in [0.1, 0.15) is 17.5 Å². The average Bonchev–Trinajstić information content (AvgIpc) is 2.57. The van der Waals surface area contributed by atoms with Gasteiger partial charge in [-0.3, -0.25) is 14.6 Å². The predicted molar refractivity (Wildman–Crippen MR) is 98.9 cm³/mol. The molecule has 6 heteroatoms. The largest absolute Gasteiger partial charge is 0.462 e. The highest BCUT2D eigenvalue weighted by atomic mass is 35.5. The third kappa shape index (κ3) is 6.09. The first-order valence-corrected chi connectivity index (χ1v) is 8.89. The van der Waals surface area contributed by atoms with Crippen molar-refractivity contribution < 1.29 is 19.1 Å². The molecule has 0 bridgehead atoms. The minimum atomic E-state index is -0.873. The first-order chi connectivity index (χ1) is 12.0. The van der Waals surface area contributed by atoms with Crippen molar-refractivity contribution in [2.45, 2.75) is 46.5 Å². The summed E-state index contributed by atoms with van der Waals surface area (Å²) in [5, 5.41) is 0.141. The van der Waals surface area contributed by atoms with Gasteiger partial charge in [0.15, 0.2) is 0 Å². The van der Waals surface area contributed by atoms with Gasteiger partial charge in [0, 0.05) is 19.1 Å². The van der Waals surface area contributed by atoms with E-state index in [1.54, 1.807) is 25.1 Å². The topological polar surface area (TPSA) is 72.8 Å². The maximum atomic E-state index is 12.2. The number of aliphatic imine (C=N–C) groups is 1. The van der Waals surface area contributed by atoms with E-state index in [1.165, 1.54) is 6.21 Å². The second-order valence-electron chi connectivity index (χ2n) is 5.55. The van der Waals surface area contributed by atoms with Crippen molar-refractivity contribution in [1.29, 1.82) is 0 Å². The molecule has 0 spiro atoms. The first kappa shape index (κ1) is 21.0. The molecule has 1 aromatic rings. The van der Waals surface area contributed by atoms with E-state index in [0.717, 1.165) is 0 Å². The summed E-state index contributed by atoms with van der Waals surface area (Å²) in [6.07, 6.45) is 3.32. The Kier molecular flexibility index (Phi) is 9.06. The van der Waals surface area contributed by atoms with Crippen LogP contribution >= 0.6 is 11.6 Å². The smallest absolute Gasteiger partial charge is 0.339 e. The predicted octanol–water partition coefficient (Wildman–Crippen LogP) is 4.57. The minimum absolute atomic E-state index is 0.141. The van der Waals surface area contributed by atoms with Crippen LogP contribution in [0, 0.1) is 5.92 Å². The van der Waals surface area contributed by atoms with Crippen molar-refractivity contribution >= 4 is 41.0 Å². The third-order valence-corrected chi connectivity index (χ3v) is 3.92. The van der Waals surface area contributed by atoms with Gasteiger partial charge in [-0.05, 0) is 31.9 Å². The van der Waals surface area contributed by atoms with Gasteiger partial charge in [0.05, 0.1) is 22.9 Å². The van der Waals surface area contributed by atoms with Crippen LogP contribution in [0.4, 0.5) is 5.69 Å². The van der Waals surface area contributed by atoms with Crippen LogP contribution < -0.4 is 0 Å². The third-order valence-electron chi connectivity index (χ3n) is 3.52. The molecule has 1 rings (SSSR count). The number of nitrogens with zero attached hydrogens (tertiary/aromatic N) is 1. The van der Waals surface area contributed by atoms with Gasteiger partial charge in [0.25, 0.3) is 0 Å². The summed E-state index contributed by atoms with van der Waals surface area (Å²) in [6, 6.07) is 4.79. The lowest BCUT2D eigenvalue weighted by atomic mass is 9.94. The molecule has 0 unspecified atom stereocenters. The highest BCUT2D eigenvalue weighted by molar-refractivity contribution is 6.36. The minimum Gasteiger partial charge on any atom is -0.462 e. The van der Waals surface area contributed by atoms with Crippen molar-refractivity contribution in [3.05, 3.63) is 28.8 Å². The molecular formula is C19H24ClNO4. The number of ketones is 2. The van der Waals surface area contributed by atoms with Crippen molar-refractivity contribution in [2.75, 3.05) is 6.61 Å². The van der Waals surface area contributed by atoms with E-state index in [4.69, 9.17) is 16.3 Å². The van der Waals surface area contributed by atoms with Crippen LogP contribution in [0.3, 0.4) is 0 Å². The molecule has 0 saturated carbocycles. The van der Waals surface area contributed by atoms with E-state index in [9.17, 15) is 14.4 Å². The molecule has 0 aliphatic carbocycles. The number of esters is 1. The standard InChI is InChI=1S/C19H24ClNO4/c1-4-8-16(22)14(17(23)9-5-2)12-21-15-11-7-10-13(18(15)20)19(24)25-6-3/h7,10-12,14H,4-6,8-9H2,1-3H3. The number of benzene rings is 1. The van der Waals surface area contributed by atoms with Crippen LogP contribution in [0.5, 0.6) is 0 Å². The highest BCUT2D eigenvalue weighted by Crippen LogP contribution is 2.29. The Morgan fingerprint density at radius 3 is 2.24 bits per heavy atom. The molecule has 0 saturated heterocycles. The van der Waals surface area contributed by atoms with Crippen LogP contribution in [0.15, 0.2) is 23.2 Å². The van der Waals surface area contributed by atoms with Gasteiger partial charge in [-0.2, -0.15) is 0 Å². The van der Waals surface area contributed by atoms with Crippen molar-refractivity contribution in [3.8, 4) is 0 Å². The Morgan fingerprint density at radius 2 is 1.72 bits per heavy atom. The molecule has 1 aromatic carbocycles. The fourth-order valence-electron chi connectivity index (χ4n) is 2.29. The first-order valence-electron chi connectivity index (χ1n) is 8.51. The summed E-state index contributed by atoms with van der Waals surface area (Å²) in [5.74, 6) is -1.71. The molecule has 0 atom stereocenters. The van der Waals surface area contributed by atoms with E-state index in [2.05, 4.69) is 4.99 Å². The SMILES string of the molecule is CCCC(=O)C(C=Nc1cccc(C(=O)OCC)c1Cl)C(=O)CCC. The molecule has 0 amide bonds. The second kappa shape index (κ2) is 10.8. The molecule has 25 heavy (non-hydrogen) atoms. The van der Waals surface area contributed by atoms with Gasteiger partial charge in [0.2, 0.25) is 0 Å². The number of hydrogen-bond donors (Lipinski definition) is 0. The summed E-state index contributed by atoms with van der Waals surface area (Å²) < 4.78 is 4.95. The van der Waals surface area contributed by atoms with Gasteiger partial charge in [-0.25, -0.2) is 4.79 Å². The van der Waals surface area contributed by atoms with Crippen LogP contribution in [-0.2, 0) is 14.3 Å². The van der Waals surface area contributed by atoms with Crippen molar-refractivity contribution in [2.24, 2.45) is 10.9 Å². The van der Waals surface area contributed by atoms with Gasteiger partial charge in [-0.15, -0.1) is 0 Å². The molecule has 0 heterocycles. The molecule has 0 N–H and O–H groups in total. The second-order valence-corrected chi connectivity index (χ2v) is 5.93. The van der Waals surface area contributed by atoms with Crippen LogP contribution in [0.2, 0.25) is 5.02 Å². The average molecular weight is 366 g/mol. The number of halogens is 1. The molecule has 0 aliphatic rings. The van der Waals surface area contributed by atoms with E-state index in [0.29, 0.717) is 31.4 Å². The fourth-order valence-corrected chi connectivity index (χ4v) is 2.54. The number of Topliss-reactive ketones (excluding diaryl/α,β-unsaturated/α-hetero) is 2. The quantitative estimate of drug-likeness (QED) is 0.346. The normalized spacial score (nSPS) is 11.1. The molecule has 0 radical (unpaired) electrons. The van der Waals surface area contributed by atoms with Crippen molar-refractivity contribution in [1.82, 2.24) is 0 Å². The van der Waals surface area contributed by atoms with Crippen LogP contribution in [0.25, 0.3) is 0 Å². The Morgan fingerprint density at radius 1 is 1.12 bits per heavy atom. The highest BCUT2D eigenvalue weighted by Gasteiger charge is 2.23. The zero-order valence-corrected chi connectivity index (χ0v) is 15.6. The summed E-state index contributed by atoms with van der Waals surface area (Å²) in [7, 11) is 0. The summed E-state index contributed by atoms with van der Waals surface area (Å²) in [4.78, 5) is 40.5. The summed E-state index contributed by atoms with van der Waals surface area (Å²) >= 11 is 6.22. The molecule has 136 valence electrons. The maximum absolute atomic E-state index is 12.2. The van der Waals surface area contributed by atoms with Gasteiger partial charge >= 0.3 is 5.97 Å². The molecule has 5 nitrogen and oxygen atoms in total. The van der Waals surface area contributed by atoms with Gasteiger partial charge < -0.3 is 4.74 Å². The summed E-state index contributed by atoms with van der Waals surface area (Å²) in [6.45, 7) is 5.71. The molecule has 0 aromatic heterocycles. The van der Waals surface area contributed by atoms with E-state index in [-0.39, 0.29) is 28.8 Å². The van der Waals surface area contributed by atoms with E-state index >= 15 is 0 Å². The van der Waals surface area contributed by atoms with Crippen LogP contribution in [-0.4, -0.2) is 30.4 Å². The lowest BCUT2D eigenvalue weighted by Crippen LogP contribution is -2.25. The monoisotopic (exact) mass is 365 g/mol. The Hall–Kier alpha value is -2.01. The Balaban J connectivity index is 3.10. The zero-order chi connectivity index (χ0) is 18.8. The number of carbonyl (C=O) groups is 3. The lowest BCUT2D eigenvalue weighted by molar-refractivity contribution is -0.129. The van der Waals surface area contributed by atoms with Crippen molar-refractivity contribution in [3.63, 3.8) is 0 Å². The number of ether oxygens (including phenoxy) is 1. The van der Waals surface area contributed by atoms with Crippen LogP contribution in [0.1, 0.15) is 56.8 Å². The number of rotatable bonds is 10. The number of hydrogen-bond acceptors (Lipinski definition) is 5. The number of carbonyl (C=O) groups excluding carboxylic acids is 3. The van der Waals surface area contributed by atoms with E-state index in [1.807, 2.05) is 13.8 Å². The Bertz CT molecular complexity index is 637. The van der Waals surface area contributed by atoms with E-state index < -0.39 is 11.9 Å². The maximum Gasteiger partial charge on any atom is 0.339 e. The molecule has 0 fully saturated rings. The summed E-state index contributed by atoms with van der Waals surface area (Å²) in [5.41, 5.74) is 0.528.